The molecule has 0 spiro atoms. The molecular formula is C22H27F2N5O4. The van der Waals surface area contributed by atoms with Crippen LogP contribution in [0.1, 0.15) is 48.9 Å². The zero-order valence-corrected chi connectivity index (χ0v) is 18.1. The Balaban J connectivity index is 1.38. The average molecular weight is 463 g/mol. The lowest BCUT2D eigenvalue weighted by molar-refractivity contribution is -0.127. The number of carbonyl (C=O) groups excluding carboxylic acids is 2. The van der Waals surface area contributed by atoms with Gasteiger partial charge in [-0.25, -0.2) is 18.7 Å². The van der Waals surface area contributed by atoms with Crippen LogP contribution in [0, 0.1) is 0 Å². The Morgan fingerprint density at radius 3 is 2.67 bits per heavy atom. The number of hydrogen-bond acceptors (Lipinski definition) is 6. The molecule has 0 atom stereocenters. The van der Waals surface area contributed by atoms with Gasteiger partial charge in [0.2, 0.25) is 17.7 Å². The number of alkyl halides is 2. The molecule has 1 aliphatic carbocycles. The molecule has 4 rings (SSSR count). The molecule has 1 saturated carbocycles. The Labute approximate surface area is 189 Å². The van der Waals surface area contributed by atoms with Crippen molar-refractivity contribution in [3.05, 3.63) is 30.6 Å². The molecule has 178 valence electrons. The Bertz CT molecular complexity index is 1040. The van der Waals surface area contributed by atoms with Crippen LogP contribution in [0.2, 0.25) is 0 Å². The van der Waals surface area contributed by atoms with Gasteiger partial charge in [-0.05, 0) is 18.9 Å². The summed E-state index contributed by atoms with van der Waals surface area (Å²) in [7, 11) is 0. The number of nitrogens with zero attached hydrogens (tertiary/aromatic N) is 3. The first-order valence-electron chi connectivity index (χ1n) is 11.0. The van der Waals surface area contributed by atoms with Gasteiger partial charge in [0, 0.05) is 51.5 Å². The first-order chi connectivity index (χ1) is 15.7. The lowest BCUT2D eigenvalue weighted by atomic mass is 9.82. The Morgan fingerprint density at radius 1 is 1.30 bits per heavy atom. The standard InChI is InChI=1S/C22H27F2N5O4/c1-2-17(30)29-9-3-14(4-10-29)33-16-12-26-19-18(28-16)15(11-25-19)20(31)27-13-21(32)5-7-22(23,24)8-6-21/h2,11-12,14,32H,1,3-10,13H2,(H,25,26)(H,27,31). The second kappa shape index (κ2) is 9.05. The van der Waals surface area contributed by atoms with Crippen molar-refractivity contribution in [3.8, 4) is 5.88 Å². The Morgan fingerprint density at radius 2 is 2.00 bits per heavy atom. The summed E-state index contributed by atoms with van der Waals surface area (Å²) < 4.78 is 32.7. The van der Waals surface area contributed by atoms with Gasteiger partial charge in [-0.3, -0.25) is 9.59 Å². The fraction of sp³-hybridized carbons (Fsp3) is 0.545. The van der Waals surface area contributed by atoms with E-state index in [1.807, 2.05) is 0 Å². The third-order valence-electron chi connectivity index (χ3n) is 6.31. The molecule has 2 amide bonds. The van der Waals surface area contributed by atoms with Gasteiger partial charge >= 0.3 is 0 Å². The monoisotopic (exact) mass is 463 g/mol. The van der Waals surface area contributed by atoms with Crippen molar-refractivity contribution in [3.63, 3.8) is 0 Å². The van der Waals surface area contributed by atoms with Crippen molar-refractivity contribution in [2.24, 2.45) is 0 Å². The fourth-order valence-corrected chi connectivity index (χ4v) is 4.20. The molecule has 9 nitrogen and oxygen atoms in total. The predicted octanol–water partition coefficient (Wildman–Crippen LogP) is 2.18. The third-order valence-corrected chi connectivity index (χ3v) is 6.31. The van der Waals surface area contributed by atoms with E-state index in [9.17, 15) is 23.5 Å². The van der Waals surface area contributed by atoms with Crippen molar-refractivity contribution in [2.45, 2.75) is 56.2 Å². The number of ether oxygens (including phenoxy) is 1. The van der Waals surface area contributed by atoms with E-state index in [1.165, 1.54) is 18.5 Å². The highest BCUT2D eigenvalue weighted by Crippen LogP contribution is 2.38. The van der Waals surface area contributed by atoms with Crippen LogP contribution >= 0.6 is 0 Å². The molecule has 1 aliphatic heterocycles. The normalized spacial score (nSPS) is 20.4. The van der Waals surface area contributed by atoms with Crippen LogP contribution < -0.4 is 10.1 Å². The molecular weight excluding hydrogens is 436 g/mol. The number of halogens is 2. The second-order valence-electron chi connectivity index (χ2n) is 8.72. The minimum atomic E-state index is -2.77. The van der Waals surface area contributed by atoms with Crippen LogP contribution in [0.25, 0.3) is 11.2 Å². The molecule has 11 heteroatoms. The van der Waals surface area contributed by atoms with Crippen LogP contribution in [0.3, 0.4) is 0 Å². The number of likely N-dealkylation sites (tertiary alicyclic amines) is 1. The highest BCUT2D eigenvalue weighted by Gasteiger charge is 2.42. The van der Waals surface area contributed by atoms with Gasteiger partial charge in [-0.2, -0.15) is 0 Å². The topological polar surface area (TPSA) is 120 Å². The number of carbonyl (C=O) groups is 2. The van der Waals surface area contributed by atoms with E-state index in [1.54, 1.807) is 4.90 Å². The van der Waals surface area contributed by atoms with E-state index in [2.05, 4.69) is 26.8 Å². The zero-order valence-electron chi connectivity index (χ0n) is 18.1. The van der Waals surface area contributed by atoms with Gasteiger partial charge in [-0.15, -0.1) is 0 Å². The molecule has 2 fully saturated rings. The van der Waals surface area contributed by atoms with Crippen LogP contribution in [0.5, 0.6) is 5.88 Å². The van der Waals surface area contributed by atoms with E-state index in [0.29, 0.717) is 37.1 Å². The molecule has 3 heterocycles. The zero-order chi connectivity index (χ0) is 23.6. The van der Waals surface area contributed by atoms with E-state index < -0.39 is 30.3 Å². The molecule has 2 aromatic heterocycles. The minimum Gasteiger partial charge on any atom is -0.473 e. The lowest BCUT2D eigenvalue weighted by Gasteiger charge is -2.35. The van der Waals surface area contributed by atoms with Crippen LogP contribution in [0.15, 0.2) is 25.0 Å². The molecule has 2 aromatic rings. The van der Waals surface area contributed by atoms with E-state index in [4.69, 9.17) is 4.74 Å². The van der Waals surface area contributed by atoms with Crippen LogP contribution in [-0.4, -0.2) is 74.0 Å². The number of aromatic amines is 1. The number of amides is 2. The van der Waals surface area contributed by atoms with Gasteiger partial charge < -0.3 is 25.0 Å². The lowest BCUT2D eigenvalue weighted by Crippen LogP contribution is -2.47. The number of nitrogens with one attached hydrogen (secondary N) is 2. The Hall–Kier alpha value is -3.08. The SMILES string of the molecule is C=CC(=O)N1CCC(Oc2cnc3[nH]cc(C(=O)NCC4(O)CCC(F)(F)CC4)c3n2)CC1. The summed E-state index contributed by atoms with van der Waals surface area (Å²) in [5, 5.41) is 13.2. The number of aromatic nitrogens is 3. The number of aliphatic hydroxyl groups is 1. The van der Waals surface area contributed by atoms with E-state index in [-0.39, 0.29) is 42.8 Å². The van der Waals surface area contributed by atoms with Crippen LogP contribution in [0.4, 0.5) is 8.78 Å². The summed E-state index contributed by atoms with van der Waals surface area (Å²) in [6.07, 6.45) is 4.39. The maximum atomic E-state index is 13.4. The second-order valence-corrected chi connectivity index (χ2v) is 8.72. The summed E-state index contributed by atoms with van der Waals surface area (Å²) in [5.74, 6) is -3.10. The van der Waals surface area contributed by atoms with Gasteiger partial charge in [-0.1, -0.05) is 6.58 Å². The fourth-order valence-electron chi connectivity index (χ4n) is 4.20. The van der Waals surface area contributed by atoms with Gasteiger partial charge in [0.15, 0.2) is 5.65 Å². The van der Waals surface area contributed by atoms with E-state index >= 15 is 0 Å². The quantitative estimate of drug-likeness (QED) is 0.565. The van der Waals surface area contributed by atoms with Gasteiger partial charge in [0.25, 0.3) is 5.91 Å². The van der Waals surface area contributed by atoms with Crippen molar-refractivity contribution in [1.82, 2.24) is 25.2 Å². The highest BCUT2D eigenvalue weighted by molar-refractivity contribution is 6.04. The van der Waals surface area contributed by atoms with Crippen molar-refractivity contribution >= 4 is 23.0 Å². The first-order valence-corrected chi connectivity index (χ1v) is 11.0. The number of piperidine rings is 1. The summed E-state index contributed by atoms with van der Waals surface area (Å²) in [6.45, 7) is 4.48. The molecule has 0 unspecified atom stereocenters. The first kappa shape index (κ1) is 23.1. The number of fused-ring (bicyclic) bond motifs is 1. The van der Waals surface area contributed by atoms with Crippen molar-refractivity contribution < 1.29 is 28.2 Å². The van der Waals surface area contributed by atoms with Gasteiger partial charge in [0.1, 0.15) is 11.6 Å². The average Bonchev–Trinajstić information content (AvgIpc) is 3.23. The van der Waals surface area contributed by atoms with Crippen molar-refractivity contribution in [1.29, 1.82) is 0 Å². The number of hydrogen-bond donors (Lipinski definition) is 3. The maximum absolute atomic E-state index is 13.4. The molecule has 0 bridgehead atoms. The van der Waals surface area contributed by atoms with E-state index in [0.717, 1.165) is 0 Å². The van der Waals surface area contributed by atoms with Crippen LogP contribution in [-0.2, 0) is 4.79 Å². The number of rotatable bonds is 6. The van der Waals surface area contributed by atoms with Gasteiger partial charge in [0.05, 0.1) is 17.4 Å². The largest absolute Gasteiger partial charge is 0.473 e. The minimum absolute atomic E-state index is 0.0802. The summed E-state index contributed by atoms with van der Waals surface area (Å²) >= 11 is 0. The Kier molecular flexibility index (Phi) is 6.33. The molecule has 3 N–H and O–H groups in total. The smallest absolute Gasteiger partial charge is 0.255 e. The molecule has 33 heavy (non-hydrogen) atoms. The summed E-state index contributed by atoms with van der Waals surface area (Å²) in [5.41, 5.74) is -0.425. The molecule has 0 aromatic carbocycles. The summed E-state index contributed by atoms with van der Waals surface area (Å²) in [6, 6.07) is 0. The molecule has 0 radical (unpaired) electrons. The molecule has 1 saturated heterocycles. The summed E-state index contributed by atoms with van der Waals surface area (Å²) in [4.78, 5) is 37.7. The van der Waals surface area contributed by atoms with Crippen molar-refractivity contribution in [2.75, 3.05) is 19.6 Å². The maximum Gasteiger partial charge on any atom is 0.255 e. The number of H-pyrrole nitrogens is 1. The molecule has 2 aliphatic rings. The predicted molar refractivity (Wildman–Crippen MR) is 115 cm³/mol. The third kappa shape index (κ3) is 5.29. The highest BCUT2D eigenvalue weighted by atomic mass is 19.3.